The molecule has 2 aromatic rings. The Labute approximate surface area is 82.8 Å². The van der Waals surface area contributed by atoms with Gasteiger partial charge in [0.2, 0.25) is 0 Å². The summed E-state index contributed by atoms with van der Waals surface area (Å²) in [5.41, 5.74) is 0. The van der Waals surface area contributed by atoms with Crippen LogP contribution in [0.3, 0.4) is 0 Å². The number of benzene rings is 2. The van der Waals surface area contributed by atoms with Crippen LogP contribution in [0.2, 0.25) is 0 Å². The van der Waals surface area contributed by atoms with Crippen LogP contribution in [0.5, 0.6) is 5.75 Å². The summed E-state index contributed by atoms with van der Waals surface area (Å²) in [7, 11) is 0. The summed E-state index contributed by atoms with van der Waals surface area (Å²) >= 11 is 0. The largest absolute Gasteiger partial charge is 0.491 e. The van der Waals surface area contributed by atoms with Gasteiger partial charge < -0.3 is 9.84 Å². The van der Waals surface area contributed by atoms with E-state index in [0.717, 1.165) is 16.5 Å². The maximum Gasteiger partial charge on any atom is 0.120 e. The molecule has 2 nitrogen and oxygen atoms in total. The first-order valence-corrected chi connectivity index (χ1v) is 4.54. The van der Waals surface area contributed by atoms with Crippen LogP contribution in [0, 0.1) is 6.07 Å². The fraction of sp³-hybridized carbons (Fsp3) is 0.167. The summed E-state index contributed by atoms with van der Waals surface area (Å²) in [6.07, 6.45) is 0. The summed E-state index contributed by atoms with van der Waals surface area (Å²) in [5, 5.41) is 10.9. The van der Waals surface area contributed by atoms with E-state index in [1.807, 2.05) is 36.4 Å². The number of aliphatic hydroxyl groups excluding tert-OH is 1. The van der Waals surface area contributed by atoms with Crippen molar-refractivity contribution >= 4 is 10.8 Å². The lowest BCUT2D eigenvalue weighted by molar-refractivity contribution is 0.201. The molecule has 0 saturated heterocycles. The van der Waals surface area contributed by atoms with E-state index in [4.69, 9.17) is 9.84 Å². The van der Waals surface area contributed by atoms with Crippen LogP contribution in [0.4, 0.5) is 0 Å². The molecule has 2 heteroatoms. The molecule has 0 spiro atoms. The van der Waals surface area contributed by atoms with E-state index >= 15 is 0 Å². The third-order valence-corrected chi connectivity index (χ3v) is 2.02. The third kappa shape index (κ3) is 1.86. The molecule has 1 radical (unpaired) electrons. The van der Waals surface area contributed by atoms with Crippen molar-refractivity contribution in [2.24, 2.45) is 0 Å². The van der Waals surface area contributed by atoms with E-state index in [9.17, 15) is 0 Å². The van der Waals surface area contributed by atoms with Crippen LogP contribution >= 0.6 is 0 Å². The summed E-state index contributed by atoms with van der Waals surface area (Å²) < 4.78 is 5.30. The van der Waals surface area contributed by atoms with Crippen LogP contribution in [-0.2, 0) is 0 Å². The van der Waals surface area contributed by atoms with Gasteiger partial charge in [0.1, 0.15) is 12.4 Å². The lowest BCUT2D eigenvalue weighted by atomic mass is 10.1. The molecule has 0 unspecified atom stereocenters. The topological polar surface area (TPSA) is 29.5 Å². The van der Waals surface area contributed by atoms with Crippen LogP contribution in [0.25, 0.3) is 10.8 Å². The van der Waals surface area contributed by atoms with Crippen molar-refractivity contribution in [1.29, 1.82) is 0 Å². The minimum Gasteiger partial charge on any atom is -0.491 e. The van der Waals surface area contributed by atoms with Crippen LogP contribution in [0.1, 0.15) is 0 Å². The number of aliphatic hydroxyl groups is 1. The van der Waals surface area contributed by atoms with E-state index in [1.54, 1.807) is 0 Å². The summed E-state index contributed by atoms with van der Waals surface area (Å²) in [6, 6.07) is 14.6. The van der Waals surface area contributed by atoms with Gasteiger partial charge in [-0.05, 0) is 35.0 Å². The molecule has 0 saturated carbocycles. The van der Waals surface area contributed by atoms with Crippen LogP contribution in [-0.4, -0.2) is 18.3 Å². The van der Waals surface area contributed by atoms with Gasteiger partial charge in [-0.2, -0.15) is 0 Å². The van der Waals surface area contributed by atoms with Crippen molar-refractivity contribution in [2.75, 3.05) is 13.2 Å². The van der Waals surface area contributed by atoms with Gasteiger partial charge in [0, 0.05) is 0 Å². The maximum atomic E-state index is 8.61. The molecule has 0 bridgehead atoms. The summed E-state index contributed by atoms with van der Waals surface area (Å²) in [6.45, 7) is 0.380. The van der Waals surface area contributed by atoms with Gasteiger partial charge in [-0.1, -0.05) is 18.2 Å². The van der Waals surface area contributed by atoms with E-state index in [1.165, 1.54) is 0 Å². The Morgan fingerprint density at radius 1 is 1.21 bits per heavy atom. The van der Waals surface area contributed by atoms with E-state index in [2.05, 4.69) is 6.07 Å². The van der Waals surface area contributed by atoms with Crippen LogP contribution < -0.4 is 4.74 Å². The van der Waals surface area contributed by atoms with Crippen molar-refractivity contribution in [3.63, 3.8) is 0 Å². The first kappa shape index (κ1) is 9.03. The smallest absolute Gasteiger partial charge is 0.120 e. The van der Waals surface area contributed by atoms with Crippen molar-refractivity contribution < 1.29 is 9.84 Å². The molecule has 0 aliphatic rings. The van der Waals surface area contributed by atoms with E-state index in [-0.39, 0.29) is 6.61 Å². The highest BCUT2D eigenvalue weighted by Crippen LogP contribution is 2.19. The molecule has 0 heterocycles. The van der Waals surface area contributed by atoms with Gasteiger partial charge in [-0.25, -0.2) is 0 Å². The van der Waals surface area contributed by atoms with E-state index < -0.39 is 0 Å². The SMILES string of the molecule is OCCOc1ccc2c[c]ccc2c1. The highest BCUT2D eigenvalue weighted by Gasteiger charge is 1.95. The molecular weight excluding hydrogens is 176 g/mol. The van der Waals surface area contributed by atoms with Gasteiger partial charge >= 0.3 is 0 Å². The second-order valence-electron chi connectivity index (χ2n) is 3.01. The molecule has 2 rings (SSSR count). The predicted molar refractivity (Wildman–Crippen MR) is 55.4 cm³/mol. The highest BCUT2D eigenvalue weighted by molar-refractivity contribution is 5.83. The zero-order chi connectivity index (χ0) is 9.80. The average molecular weight is 187 g/mol. The number of rotatable bonds is 3. The molecule has 71 valence electrons. The summed E-state index contributed by atoms with van der Waals surface area (Å²) in [5.74, 6) is 0.790. The quantitative estimate of drug-likeness (QED) is 0.796. The molecule has 0 amide bonds. The first-order valence-electron chi connectivity index (χ1n) is 4.54. The average Bonchev–Trinajstić information content (AvgIpc) is 2.26. The normalized spacial score (nSPS) is 10.4. The van der Waals surface area contributed by atoms with Crippen molar-refractivity contribution in [2.45, 2.75) is 0 Å². The second-order valence-corrected chi connectivity index (χ2v) is 3.01. The molecule has 0 fully saturated rings. The monoisotopic (exact) mass is 187 g/mol. The number of hydrogen-bond acceptors (Lipinski definition) is 2. The minimum atomic E-state index is 0.0423. The Morgan fingerprint density at radius 2 is 2.14 bits per heavy atom. The Morgan fingerprint density at radius 3 is 3.00 bits per heavy atom. The lowest BCUT2D eigenvalue weighted by Gasteiger charge is -2.04. The maximum absolute atomic E-state index is 8.61. The first-order chi connectivity index (χ1) is 6.90. The van der Waals surface area contributed by atoms with Gasteiger partial charge in [0.25, 0.3) is 0 Å². The minimum absolute atomic E-state index is 0.0423. The zero-order valence-corrected chi connectivity index (χ0v) is 7.73. The standard InChI is InChI=1S/C12H11O2/c13-7-8-14-12-6-5-10-3-1-2-4-11(10)9-12/h2-6,9,13H,7-8H2. The van der Waals surface area contributed by atoms with Gasteiger partial charge in [0.15, 0.2) is 0 Å². The summed E-state index contributed by atoms with van der Waals surface area (Å²) in [4.78, 5) is 0. The molecular formula is C12H11O2. The molecule has 1 N–H and O–H groups in total. The highest BCUT2D eigenvalue weighted by atomic mass is 16.5. The predicted octanol–water partition coefficient (Wildman–Crippen LogP) is 2.01. The fourth-order valence-electron chi connectivity index (χ4n) is 1.36. The van der Waals surface area contributed by atoms with Gasteiger partial charge in [-0.3, -0.25) is 0 Å². The molecule has 0 aliphatic heterocycles. The number of fused-ring (bicyclic) bond motifs is 1. The zero-order valence-electron chi connectivity index (χ0n) is 7.73. The van der Waals surface area contributed by atoms with Crippen LogP contribution in [0.15, 0.2) is 36.4 Å². The molecule has 2 aromatic carbocycles. The molecule has 0 atom stereocenters. The van der Waals surface area contributed by atoms with Gasteiger partial charge in [0.05, 0.1) is 6.61 Å². The van der Waals surface area contributed by atoms with E-state index in [0.29, 0.717) is 6.61 Å². The van der Waals surface area contributed by atoms with Crippen molar-refractivity contribution in [1.82, 2.24) is 0 Å². The Hall–Kier alpha value is -1.54. The van der Waals surface area contributed by atoms with Crippen molar-refractivity contribution in [3.05, 3.63) is 42.5 Å². The molecule has 0 aliphatic carbocycles. The Bertz CT molecular complexity index is 423. The van der Waals surface area contributed by atoms with Gasteiger partial charge in [-0.15, -0.1) is 0 Å². The fourth-order valence-corrected chi connectivity index (χ4v) is 1.36. The molecule has 0 aromatic heterocycles. The number of ether oxygens (including phenoxy) is 1. The lowest BCUT2D eigenvalue weighted by Crippen LogP contribution is -2.01. The Kier molecular flexibility index (Phi) is 2.65. The third-order valence-electron chi connectivity index (χ3n) is 2.02. The Balaban J connectivity index is 2.32. The van der Waals surface area contributed by atoms with Crippen molar-refractivity contribution in [3.8, 4) is 5.75 Å². The second kappa shape index (κ2) is 4.11. The number of hydrogen-bond donors (Lipinski definition) is 1. The molecule has 14 heavy (non-hydrogen) atoms.